The fourth-order valence-corrected chi connectivity index (χ4v) is 1.69. The fraction of sp³-hybridized carbons (Fsp3) is 0.500. The molecule has 0 saturated carbocycles. The molecule has 70 valence electrons. The molecule has 13 heavy (non-hydrogen) atoms. The molecule has 4 nitrogen and oxygen atoms in total. The molecule has 1 aromatic heterocycles. The average molecular weight is 196 g/mol. The van der Waals surface area contributed by atoms with E-state index in [9.17, 15) is 0 Å². The first kappa shape index (κ1) is 10.1. The quantitative estimate of drug-likeness (QED) is 0.426. The molecule has 1 atom stereocenters. The van der Waals surface area contributed by atoms with E-state index in [2.05, 4.69) is 26.9 Å². The normalized spacial score (nSPS) is 11.9. The van der Waals surface area contributed by atoms with Gasteiger partial charge in [-0.25, -0.2) is 0 Å². The summed E-state index contributed by atoms with van der Waals surface area (Å²) in [6, 6.07) is 0.0486. The van der Waals surface area contributed by atoms with Crippen molar-refractivity contribution in [2.75, 3.05) is 0 Å². The number of nitrogens with zero attached hydrogens (tertiary/aromatic N) is 2. The number of hydrogen-bond donors (Lipinski definition) is 2. The smallest absolute Gasteiger partial charge is 0.0773 e. The van der Waals surface area contributed by atoms with Crippen LogP contribution in [0.25, 0.3) is 0 Å². The first-order valence-electron chi connectivity index (χ1n) is 3.94. The lowest BCUT2D eigenvalue weighted by Crippen LogP contribution is -2.27. The first-order valence-corrected chi connectivity index (χ1v) is 4.71. The molecule has 0 radical (unpaired) electrons. The van der Waals surface area contributed by atoms with Gasteiger partial charge in [0.2, 0.25) is 0 Å². The van der Waals surface area contributed by atoms with Gasteiger partial charge in [0.05, 0.1) is 16.6 Å². The van der Waals surface area contributed by atoms with Gasteiger partial charge in [0.25, 0.3) is 0 Å². The zero-order valence-electron chi connectivity index (χ0n) is 7.66. The summed E-state index contributed by atoms with van der Waals surface area (Å²) in [5.41, 5.74) is 3.63. The lowest BCUT2D eigenvalue weighted by molar-refractivity contribution is 0.573. The van der Waals surface area contributed by atoms with E-state index in [4.69, 9.17) is 5.84 Å². The maximum Gasteiger partial charge on any atom is 0.0773 e. The summed E-state index contributed by atoms with van der Waals surface area (Å²) in [5, 5.41) is 3.92. The lowest BCUT2D eigenvalue weighted by Gasteiger charge is -2.09. The van der Waals surface area contributed by atoms with Gasteiger partial charge in [-0.2, -0.15) is 0 Å². The molecule has 0 aromatic carbocycles. The van der Waals surface area contributed by atoms with Crippen LogP contribution in [0.15, 0.2) is 0 Å². The number of rotatable bonds is 3. The molecule has 1 unspecified atom stereocenters. The molecular formula is C8H12N4S. The summed E-state index contributed by atoms with van der Waals surface area (Å²) in [6.45, 7) is 3.73. The van der Waals surface area contributed by atoms with E-state index in [0.29, 0.717) is 6.42 Å². The van der Waals surface area contributed by atoms with Crippen LogP contribution in [-0.4, -0.2) is 9.59 Å². The minimum atomic E-state index is 0.0486. The summed E-state index contributed by atoms with van der Waals surface area (Å²) in [6.07, 6.45) is 0.692. The Hall–Kier alpha value is -0.960. The van der Waals surface area contributed by atoms with Crippen molar-refractivity contribution in [1.29, 1.82) is 0 Å². The number of nitrogens with one attached hydrogen (secondary N) is 1. The predicted molar refractivity (Wildman–Crippen MR) is 52.8 cm³/mol. The van der Waals surface area contributed by atoms with Gasteiger partial charge in [-0.05, 0) is 25.4 Å². The molecule has 5 heteroatoms. The van der Waals surface area contributed by atoms with Crippen LogP contribution in [0, 0.1) is 18.8 Å². The van der Waals surface area contributed by atoms with Crippen molar-refractivity contribution in [2.24, 2.45) is 5.84 Å². The van der Waals surface area contributed by atoms with Gasteiger partial charge >= 0.3 is 0 Å². The number of aromatic nitrogens is 2. The molecule has 0 amide bonds. The van der Waals surface area contributed by atoms with Gasteiger partial charge in [0.1, 0.15) is 0 Å². The van der Waals surface area contributed by atoms with Crippen LogP contribution < -0.4 is 11.3 Å². The van der Waals surface area contributed by atoms with Crippen molar-refractivity contribution < 1.29 is 0 Å². The number of hydrazine groups is 1. The third-order valence-electron chi connectivity index (χ3n) is 1.69. The maximum atomic E-state index is 5.41. The summed E-state index contributed by atoms with van der Waals surface area (Å²) in [7, 11) is 0. The zero-order chi connectivity index (χ0) is 9.68. The molecule has 0 spiro atoms. The van der Waals surface area contributed by atoms with E-state index < -0.39 is 0 Å². The highest BCUT2D eigenvalue weighted by Gasteiger charge is 2.14. The minimum Gasteiger partial charge on any atom is -0.271 e. The van der Waals surface area contributed by atoms with E-state index >= 15 is 0 Å². The maximum absolute atomic E-state index is 5.41. The molecule has 0 saturated heterocycles. The molecule has 0 bridgehead atoms. The Morgan fingerprint density at radius 3 is 2.92 bits per heavy atom. The van der Waals surface area contributed by atoms with Crippen LogP contribution in [0.2, 0.25) is 0 Å². The van der Waals surface area contributed by atoms with Gasteiger partial charge < -0.3 is 0 Å². The molecular weight excluding hydrogens is 184 g/mol. The SMILES string of the molecule is CC#CCC(NN)c1snnc1C. The minimum absolute atomic E-state index is 0.0486. The average Bonchev–Trinajstić information content (AvgIpc) is 2.54. The second kappa shape index (κ2) is 4.92. The van der Waals surface area contributed by atoms with Crippen LogP contribution in [0.5, 0.6) is 0 Å². The Labute approximate surface area is 81.7 Å². The van der Waals surface area contributed by atoms with E-state index in [0.717, 1.165) is 10.6 Å². The van der Waals surface area contributed by atoms with Crippen LogP contribution in [0.4, 0.5) is 0 Å². The first-order chi connectivity index (χ1) is 6.29. The van der Waals surface area contributed by atoms with E-state index in [1.807, 2.05) is 13.8 Å². The van der Waals surface area contributed by atoms with Crippen molar-refractivity contribution in [2.45, 2.75) is 26.3 Å². The molecule has 3 N–H and O–H groups in total. The summed E-state index contributed by atoms with van der Waals surface area (Å²) >= 11 is 1.36. The van der Waals surface area contributed by atoms with E-state index in [-0.39, 0.29) is 6.04 Å². The highest BCUT2D eigenvalue weighted by atomic mass is 32.1. The summed E-state index contributed by atoms with van der Waals surface area (Å²) in [5.74, 6) is 11.2. The van der Waals surface area contributed by atoms with E-state index in [1.165, 1.54) is 11.5 Å². The molecule has 0 aliphatic carbocycles. The monoisotopic (exact) mass is 196 g/mol. The van der Waals surface area contributed by atoms with Gasteiger partial charge in [-0.15, -0.1) is 16.9 Å². The number of aryl methyl sites for hydroxylation is 1. The Morgan fingerprint density at radius 2 is 2.46 bits per heavy atom. The van der Waals surface area contributed by atoms with Crippen molar-refractivity contribution in [1.82, 2.24) is 15.0 Å². The molecule has 1 rings (SSSR count). The number of hydrogen-bond acceptors (Lipinski definition) is 5. The van der Waals surface area contributed by atoms with E-state index in [1.54, 1.807) is 0 Å². The molecule has 0 aliphatic rings. The third-order valence-corrected chi connectivity index (χ3v) is 2.63. The second-order valence-corrected chi connectivity index (χ2v) is 3.36. The van der Waals surface area contributed by atoms with Crippen molar-refractivity contribution in [3.8, 4) is 11.8 Å². The summed E-state index contributed by atoms with van der Waals surface area (Å²) < 4.78 is 3.85. The van der Waals surface area contributed by atoms with Crippen molar-refractivity contribution in [3.05, 3.63) is 10.6 Å². The molecule has 0 fully saturated rings. The Balaban J connectivity index is 2.76. The highest BCUT2D eigenvalue weighted by molar-refractivity contribution is 7.05. The second-order valence-electron chi connectivity index (χ2n) is 2.57. The summed E-state index contributed by atoms with van der Waals surface area (Å²) in [4.78, 5) is 1.06. The lowest BCUT2D eigenvalue weighted by atomic mass is 10.1. The van der Waals surface area contributed by atoms with Gasteiger partial charge in [-0.3, -0.25) is 11.3 Å². The van der Waals surface area contributed by atoms with Crippen molar-refractivity contribution in [3.63, 3.8) is 0 Å². The van der Waals surface area contributed by atoms with Crippen LogP contribution in [0.1, 0.15) is 30.0 Å². The zero-order valence-corrected chi connectivity index (χ0v) is 8.48. The van der Waals surface area contributed by atoms with Crippen LogP contribution in [-0.2, 0) is 0 Å². The number of nitrogens with two attached hydrogens (primary N) is 1. The fourth-order valence-electron chi connectivity index (χ4n) is 0.988. The Bertz CT molecular complexity index is 322. The Morgan fingerprint density at radius 1 is 1.69 bits per heavy atom. The van der Waals surface area contributed by atoms with Crippen molar-refractivity contribution >= 4 is 11.5 Å². The molecule has 1 heterocycles. The topological polar surface area (TPSA) is 63.8 Å². The van der Waals surface area contributed by atoms with Gasteiger partial charge in [0, 0.05) is 6.42 Å². The highest BCUT2D eigenvalue weighted by Crippen LogP contribution is 2.21. The van der Waals surface area contributed by atoms with Crippen LogP contribution >= 0.6 is 11.5 Å². The standard InChI is InChI=1S/C8H12N4S/c1-3-4-5-7(10-9)8-6(2)11-12-13-8/h7,10H,5,9H2,1-2H3. The largest absolute Gasteiger partial charge is 0.271 e. The molecule has 1 aromatic rings. The van der Waals surface area contributed by atoms with Gasteiger partial charge in [0.15, 0.2) is 0 Å². The predicted octanol–water partition coefficient (Wildman–Crippen LogP) is 0.764. The Kier molecular flexibility index (Phi) is 3.83. The third kappa shape index (κ3) is 2.49. The molecule has 0 aliphatic heterocycles. The van der Waals surface area contributed by atoms with Gasteiger partial charge in [-0.1, -0.05) is 4.49 Å². The van der Waals surface area contributed by atoms with Crippen LogP contribution in [0.3, 0.4) is 0 Å².